The molecular formula is C21H28N6O2S. The Morgan fingerprint density at radius 1 is 1.23 bits per heavy atom. The predicted octanol–water partition coefficient (Wildman–Crippen LogP) is 2.30. The van der Waals surface area contributed by atoms with Crippen LogP contribution in [-0.4, -0.2) is 70.9 Å². The Morgan fingerprint density at radius 2 is 2.10 bits per heavy atom. The number of pyridine rings is 1. The van der Waals surface area contributed by atoms with Gasteiger partial charge in [-0.05, 0) is 24.9 Å². The van der Waals surface area contributed by atoms with Crippen LogP contribution in [0.4, 0.5) is 11.5 Å². The molecule has 0 radical (unpaired) electrons. The Bertz CT molecular complexity index is 901. The summed E-state index contributed by atoms with van der Waals surface area (Å²) in [6.07, 6.45) is 2.58. The molecule has 9 heteroatoms. The van der Waals surface area contributed by atoms with E-state index in [1.807, 2.05) is 10.3 Å². The normalized spacial score (nSPS) is 17.6. The second kappa shape index (κ2) is 9.09. The molecule has 0 spiro atoms. The van der Waals surface area contributed by atoms with E-state index < -0.39 is 0 Å². The Balaban J connectivity index is 1.52. The van der Waals surface area contributed by atoms with Gasteiger partial charge in [0, 0.05) is 37.8 Å². The van der Waals surface area contributed by atoms with Gasteiger partial charge in [0.2, 0.25) is 5.91 Å². The summed E-state index contributed by atoms with van der Waals surface area (Å²) in [6.45, 7) is 9.43. The molecule has 1 saturated heterocycles. The van der Waals surface area contributed by atoms with Crippen LogP contribution in [0.15, 0.2) is 23.2 Å². The molecule has 30 heavy (non-hydrogen) atoms. The van der Waals surface area contributed by atoms with Gasteiger partial charge in [0.05, 0.1) is 35.5 Å². The van der Waals surface area contributed by atoms with Crippen molar-refractivity contribution in [1.82, 2.24) is 19.8 Å². The number of hydrogen-bond acceptors (Lipinski definition) is 7. The molecule has 0 bridgehead atoms. The fourth-order valence-electron chi connectivity index (χ4n) is 4.01. The summed E-state index contributed by atoms with van der Waals surface area (Å²) < 4.78 is 0. The van der Waals surface area contributed by atoms with Crippen LogP contribution in [-0.2, 0) is 11.3 Å². The van der Waals surface area contributed by atoms with Crippen LogP contribution < -0.4 is 10.2 Å². The van der Waals surface area contributed by atoms with E-state index in [4.69, 9.17) is 0 Å². The first kappa shape index (κ1) is 20.7. The predicted molar refractivity (Wildman–Crippen MR) is 118 cm³/mol. The Kier molecular flexibility index (Phi) is 6.29. The van der Waals surface area contributed by atoms with Crippen LogP contribution in [0.3, 0.4) is 0 Å². The molecule has 4 heterocycles. The molecule has 0 aliphatic carbocycles. The lowest BCUT2D eigenvalue weighted by Gasteiger charge is -2.29. The third kappa shape index (κ3) is 4.62. The molecule has 4 rings (SSSR count). The maximum Gasteiger partial charge on any atom is 0.255 e. The maximum absolute atomic E-state index is 13.2. The van der Waals surface area contributed by atoms with E-state index in [-0.39, 0.29) is 18.4 Å². The number of carbonyl (C=O) groups is 2. The van der Waals surface area contributed by atoms with Crippen LogP contribution >= 0.6 is 11.3 Å². The second-order valence-corrected chi connectivity index (χ2v) is 8.96. The van der Waals surface area contributed by atoms with Gasteiger partial charge in [-0.2, -0.15) is 0 Å². The average molecular weight is 429 g/mol. The molecular weight excluding hydrogens is 400 g/mol. The minimum absolute atomic E-state index is 0.0247. The highest BCUT2D eigenvalue weighted by molar-refractivity contribution is 7.07. The minimum Gasteiger partial charge on any atom is -0.359 e. The van der Waals surface area contributed by atoms with Gasteiger partial charge in [-0.1, -0.05) is 13.8 Å². The number of nitrogens with zero attached hydrogens (tertiary/aromatic N) is 5. The zero-order chi connectivity index (χ0) is 21.1. The van der Waals surface area contributed by atoms with Crippen LogP contribution in [0, 0.1) is 5.92 Å². The molecule has 2 aromatic heterocycles. The lowest BCUT2D eigenvalue weighted by Crippen LogP contribution is -2.40. The Morgan fingerprint density at radius 3 is 2.87 bits per heavy atom. The maximum atomic E-state index is 13.2. The van der Waals surface area contributed by atoms with Crippen molar-refractivity contribution >= 4 is 34.7 Å². The number of nitrogens with one attached hydrogen (secondary N) is 1. The van der Waals surface area contributed by atoms with Crippen molar-refractivity contribution in [3.8, 4) is 0 Å². The monoisotopic (exact) mass is 428 g/mol. The molecule has 0 saturated carbocycles. The third-order valence-corrected chi connectivity index (χ3v) is 6.05. The zero-order valence-corrected chi connectivity index (χ0v) is 18.3. The first-order chi connectivity index (χ1) is 14.5. The number of carbonyl (C=O) groups excluding carboxylic acids is 2. The van der Waals surface area contributed by atoms with Crippen molar-refractivity contribution in [2.45, 2.75) is 26.8 Å². The van der Waals surface area contributed by atoms with Crippen molar-refractivity contribution in [2.24, 2.45) is 5.92 Å². The molecule has 1 fully saturated rings. The number of fused-ring (bicyclic) bond motifs is 1. The summed E-state index contributed by atoms with van der Waals surface area (Å²) in [7, 11) is 0. The first-order valence-electron chi connectivity index (χ1n) is 10.4. The Labute approximate surface area is 180 Å². The number of rotatable bonds is 5. The van der Waals surface area contributed by atoms with Gasteiger partial charge in [-0.25, -0.2) is 9.97 Å². The minimum atomic E-state index is -0.0546. The summed E-state index contributed by atoms with van der Waals surface area (Å²) in [5.74, 6) is 1.16. The zero-order valence-electron chi connectivity index (χ0n) is 17.5. The van der Waals surface area contributed by atoms with E-state index in [2.05, 4.69) is 34.0 Å². The molecule has 1 N–H and O–H groups in total. The number of thiazole rings is 1. The molecule has 0 aromatic carbocycles. The molecule has 2 aliphatic rings. The topological polar surface area (TPSA) is 81.7 Å². The van der Waals surface area contributed by atoms with E-state index in [0.29, 0.717) is 36.1 Å². The lowest BCUT2D eigenvalue weighted by molar-refractivity contribution is -0.117. The van der Waals surface area contributed by atoms with Gasteiger partial charge in [0.15, 0.2) is 5.82 Å². The van der Waals surface area contributed by atoms with Crippen molar-refractivity contribution in [2.75, 3.05) is 49.5 Å². The highest BCUT2D eigenvalue weighted by atomic mass is 32.1. The van der Waals surface area contributed by atoms with Gasteiger partial charge in [-0.15, -0.1) is 11.3 Å². The number of amides is 2. The number of hydrogen-bond donors (Lipinski definition) is 1. The van der Waals surface area contributed by atoms with Gasteiger partial charge in [0.25, 0.3) is 5.91 Å². The molecule has 2 aromatic rings. The first-order valence-corrected chi connectivity index (χ1v) is 11.4. The molecule has 160 valence electrons. The highest BCUT2D eigenvalue weighted by Crippen LogP contribution is 2.30. The fraction of sp³-hybridized carbons (Fsp3) is 0.524. The van der Waals surface area contributed by atoms with Crippen molar-refractivity contribution in [3.05, 3.63) is 34.4 Å². The standard InChI is InChI=1S/C21H28N6O2S/c1-15(2)11-25-4-3-5-26(7-6-25)21(29)16-8-18-20(22-9-16)23-10-19(28)27(18)12-17-13-30-14-24-17/h8-9,13-15H,3-7,10-12H2,1-2H3,(H,22,23). The van der Waals surface area contributed by atoms with Crippen LogP contribution in [0.1, 0.15) is 36.3 Å². The fourth-order valence-corrected chi connectivity index (χ4v) is 4.56. The van der Waals surface area contributed by atoms with Gasteiger partial charge >= 0.3 is 0 Å². The molecule has 8 nitrogen and oxygen atoms in total. The van der Waals surface area contributed by atoms with Crippen LogP contribution in [0.5, 0.6) is 0 Å². The largest absolute Gasteiger partial charge is 0.359 e. The van der Waals surface area contributed by atoms with Crippen molar-refractivity contribution in [1.29, 1.82) is 0 Å². The van der Waals surface area contributed by atoms with E-state index in [0.717, 1.165) is 38.3 Å². The lowest BCUT2D eigenvalue weighted by atomic mass is 10.1. The quantitative estimate of drug-likeness (QED) is 0.787. The van der Waals surface area contributed by atoms with Gasteiger partial charge < -0.3 is 20.0 Å². The van der Waals surface area contributed by atoms with E-state index in [9.17, 15) is 9.59 Å². The molecule has 0 unspecified atom stereocenters. The average Bonchev–Trinajstić information content (AvgIpc) is 3.14. The summed E-state index contributed by atoms with van der Waals surface area (Å²) in [6, 6.07) is 1.79. The third-order valence-electron chi connectivity index (χ3n) is 5.42. The van der Waals surface area contributed by atoms with Crippen molar-refractivity contribution in [3.63, 3.8) is 0 Å². The summed E-state index contributed by atoms with van der Waals surface area (Å²) >= 11 is 1.50. The SMILES string of the molecule is CC(C)CN1CCCN(C(=O)c2cnc3c(c2)N(Cc2cscn2)C(=O)CN3)CC1. The van der Waals surface area contributed by atoms with Crippen LogP contribution in [0.2, 0.25) is 0 Å². The van der Waals surface area contributed by atoms with Crippen LogP contribution in [0.25, 0.3) is 0 Å². The van der Waals surface area contributed by atoms with Gasteiger partial charge in [0.1, 0.15) is 0 Å². The Hall–Kier alpha value is -2.52. The smallest absolute Gasteiger partial charge is 0.255 e. The number of aromatic nitrogens is 2. The van der Waals surface area contributed by atoms with E-state index in [1.165, 1.54) is 11.3 Å². The summed E-state index contributed by atoms with van der Waals surface area (Å²) in [5.41, 5.74) is 3.74. The summed E-state index contributed by atoms with van der Waals surface area (Å²) in [5, 5.41) is 4.98. The molecule has 0 atom stereocenters. The molecule has 2 amide bonds. The van der Waals surface area contributed by atoms with Gasteiger partial charge in [-0.3, -0.25) is 9.59 Å². The number of anilines is 2. The molecule has 2 aliphatic heterocycles. The van der Waals surface area contributed by atoms with E-state index in [1.54, 1.807) is 22.7 Å². The highest BCUT2D eigenvalue weighted by Gasteiger charge is 2.28. The second-order valence-electron chi connectivity index (χ2n) is 8.25. The van der Waals surface area contributed by atoms with E-state index >= 15 is 0 Å². The summed E-state index contributed by atoms with van der Waals surface area (Å²) in [4.78, 5) is 40.5. The van der Waals surface area contributed by atoms with Crippen molar-refractivity contribution < 1.29 is 9.59 Å².